The largest absolute Gasteiger partial charge is 0.124 e. The van der Waals surface area contributed by atoms with Crippen LogP contribution in [-0.4, -0.2) is 0 Å². The zero-order chi connectivity index (χ0) is 16.7. The van der Waals surface area contributed by atoms with Crippen molar-refractivity contribution in [3.05, 3.63) is 78.1 Å². The Hall–Kier alpha value is -2.04. The second kappa shape index (κ2) is 8.56. The summed E-state index contributed by atoms with van der Waals surface area (Å²) in [5.74, 6) is 0.553. The van der Waals surface area contributed by atoms with E-state index >= 15 is 0 Å². The third kappa shape index (κ3) is 4.24. The first kappa shape index (κ1) is 17.3. The van der Waals surface area contributed by atoms with Gasteiger partial charge in [-0.05, 0) is 54.7 Å². The highest BCUT2D eigenvalue weighted by Crippen LogP contribution is 2.38. The van der Waals surface area contributed by atoms with Gasteiger partial charge in [0.2, 0.25) is 0 Å². The Bertz CT molecular complexity index is 646. The molecule has 2 aliphatic carbocycles. The summed E-state index contributed by atoms with van der Waals surface area (Å²) in [7, 11) is 0. The van der Waals surface area contributed by atoms with E-state index in [1.165, 1.54) is 34.3 Å². The molecule has 1 atom stereocenters. The van der Waals surface area contributed by atoms with E-state index in [-0.39, 0.29) is 0 Å². The fourth-order valence-corrected chi connectivity index (χ4v) is 3.37. The smallest absolute Gasteiger partial charge is 0.00401 e. The van der Waals surface area contributed by atoms with Crippen LogP contribution in [0.3, 0.4) is 0 Å². The molecule has 0 saturated heterocycles. The first-order valence-corrected chi connectivity index (χ1v) is 8.81. The molecular formula is C23H28. The lowest BCUT2D eigenvalue weighted by Gasteiger charge is -2.14. The van der Waals surface area contributed by atoms with Crippen LogP contribution < -0.4 is 0 Å². The van der Waals surface area contributed by atoms with Gasteiger partial charge in [-0.25, -0.2) is 0 Å². The predicted molar refractivity (Wildman–Crippen MR) is 103 cm³/mol. The van der Waals surface area contributed by atoms with Gasteiger partial charge >= 0.3 is 0 Å². The summed E-state index contributed by atoms with van der Waals surface area (Å²) >= 11 is 0. The Morgan fingerprint density at radius 2 is 1.87 bits per heavy atom. The van der Waals surface area contributed by atoms with E-state index in [2.05, 4.69) is 61.4 Å². The number of hydrogen-bond donors (Lipinski definition) is 0. The molecule has 0 heterocycles. The molecule has 0 radical (unpaired) electrons. The quantitative estimate of drug-likeness (QED) is 0.418. The summed E-state index contributed by atoms with van der Waals surface area (Å²) < 4.78 is 0. The molecule has 1 saturated carbocycles. The molecule has 0 nitrogen and oxygen atoms in total. The van der Waals surface area contributed by atoms with Crippen molar-refractivity contribution in [3.8, 4) is 0 Å². The molecule has 0 spiro atoms. The Morgan fingerprint density at radius 1 is 1.13 bits per heavy atom. The molecule has 1 aromatic carbocycles. The van der Waals surface area contributed by atoms with Gasteiger partial charge in [0.15, 0.2) is 0 Å². The van der Waals surface area contributed by atoms with Crippen molar-refractivity contribution in [3.63, 3.8) is 0 Å². The lowest BCUT2D eigenvalue weighted by molar-refractivity contribution is 0.715. The minimum atomic E-state index is 0.553. The van der Waals surface area contributed by atoms with Crippen LogP contribution in [0.1, 0.15) is 57.1 Å². The topological polar surface area (TPSA) is 0 Å². The van der Waals surface area contributed by atoms with Crippen LogP contribution in [0.25, 0.3) is 11.1 Å². The van der Waals surface area contributed by atoms with E-state index in [0.717, 1.165) is 25.7 Å². The molecule has 0 aromatic heterocycles. The Labute approximate surface area is 141 Å². The summed E-state index contributed by atoms with van der Waals surface area (Å²) in [6.07, 6.45) is 12.3. The highest BCUT2D eigenvalue weighted by Gasteiger charge is 2.22. The van der Waals surface area contributed by atoms with Gasteiger partial charge in [0.25, 0.3) is 0 Å². The van der Waals surface area contributed by atoms with E-state index in [1.807, 2.05) is 13.8 Å². The molecule has 120 valence electrons. The summed E-state index contributed by atoms with van der Waals surface area (Å²) in [6.45, 7) is 12.0. The standard InChI is InChI=1S/C21H22.C2H6/c1-3-21(20-10-9-16(2)15-20)19-13-11-18(12-14-19)17-7-5-4-6-8-17;1-2/h4-5,7,11-14,20H,1-2,6,8-10,15H2;1-2H3. The molecule has 1 aromatic rings. The van der Waals surface area contributed by atoms with E-state index in [1.54, 1.807) is 0 Å². The maximum Gasteiger partial charge on any atom is 0.00401 e. The summed E-state index contributed by atoms with van der Waals surface area (Å²) in [6, 6.07) is 8.93. The van der Waals surface area contributed by atoms with E-state index in [9.17, 15) is 0 Å². The fourth-order valence-electron chi connectivity index (χ4n) is 3.37. The van der Waals surface area contributed by atoms with Gasteiger partial charge < -0.3 is 0 Å². The van der Waals surface area contributed by atoms with Crippen LogP contribution in [0.15, 0.2) is 67.0 Å². The number of benzene rings is 1. The van der Waals surface area contributed by atoms with Gasteiger partial charge in [0.1, 0.15) is 0 Å². The zero-order valence-corrected chi connectivity index (χ0v) is 14.6. The van der Waals surface area contributed by atoms with Gasteiger partial charge in [-0.2, -0.15) is 0 Å². The SMILES string of the molecule is C=C=C(c1ccc(C2=CC=CCC2)cc1)C1CCC(=C)C1.CC. The average Bonchev–Trinajstić information content (AvgIpc) is 3.05. The minimum Gasteiger partial charge on any atom is -0.124 e. The molecule has 3 rings (SSSR count). The van der Waals surface area contributed by atoms with Gasteiger partial charge in [-0.1, -0.05) is 75.1 Å². The molecule has 0 aliphatic heterocycles. The van der Waals surface area contributed by atoms with Gasteiger partial charge in [0, 0.05) is 5.57 Å². The van der Waals surface area contributed by atoms with Gasteiger partial charge in [0.05, 0.1) is 0 Å². The lowest BCUT2D eigenvalue weighted by Crippen LogP contribution is -1.98. The summed E-state index contributed by atoms with van der Waals surface area (Å²) in [5, 5.41) is 0. The first-order valence-electron chi connectivity index (χ1n) is 8.81. The first-order chi connectivity index (χ1) is 11.3. The van der Waals surface area contributed by atoms with E-state index in [4.69, 9.17) is 0 Å². The van der Waals surface area contributed by atoms with Crippen molar-refractivity contribution in [2.45, 2.75) is 46.0 Å². The fraction of sp³-hybridized carbons (Fsp3) is 0.348. The van der Waals surface area contributed by atoms with Crippen molar-refractivity contribution in [2.75, 3.05) is 0 Å². The molecule has 0 heteroatoms. The summed E-state index contributed by atoms with van der Waals surface area (Å²) in [4.78, 5) is 0. The molecule has 0 N–H and O–H groups in total. The predicted octanol–water partition coefficient (Wildman–Crippen LogP) is 6.97. The molecule has 0 amide bonds. The maximum atomic E-state index is 4.11. The highest BCUT2D eigenvalue weighted by molar-refractivity contribution is 5.72. The molecular weight excluding hydrogens is 276 g/mol. The number of rotatable bonds is 3. The zero-order valence-electron chi connectivity index (χ0n) is 14.6. The number of allylic oxidation sites excluding steroid dienone is 6. The Morgan fingerprint density at radius 3 is 2.39 bits per heavy atom. The molecule has 1 fully saturated rings. The van der Waals surface area contributed by atoms with E-state index < -0.39 is 0 Å². The third-order valence-electron chi connectivity index (χ3n) is 4.56. The van der Waals surface area contributed by atoms with Crippen LogP contribution in [0.2, 0.25) is 0 Å². The second-order valence-corrected chi connectivity index (χ2v) is 6.02. The summed E-state index contributed by atoms with van der Waals surface area (Å²) in [5.41, 5.74) is 9.84. The van der Waals surface area contributed by atoms with Gasteiger partial charge in [-0.3, -0.25) is 0 Å². The van der Waals surface area contributed by atoms with Crippen molar-refractivity contribution in [1.82, 2.24) is 0 Å². The normalized spacial score (nSPS) is 19.5. The van der Waals surface area contributed by atoms with Crippen molar-refractivity contribution in [2.24, 2.45) is 5.92 Å². The maximum absolute atomic E-state index is 4.11. The van der Waals surface area contributed by atoms with Crippen molar-refractivity contribution < 1.29 is 0 Å². The lowest BCUT2D eigenvalue weighted by atomic mass is 9.90. The van der Waals surface area contributed by atoms with Crippen molar-refractivity contribution in [1.29, 1.82) is 0 Å². The third-order valence-corrected chi connectivity index (χ3v) is 4.56. The molecule has 2 aliphatic rings. The average molecular weight is 304 g/mol. The molecule has 0 bridgehead atoms. The van der Waals surface area contributed by atoms with Crippen molar-refractivity contribution >= 4 is 11.1 Å². The number of hydrogen-bond acceptors (Lipinski definition) is 0. The van der Waals surface area contributed by atoms with Crippen LogP contribution in [0, 0.1) is 5.92 Å². The second-order valence-electron chi connectivity index (χ2n) is 6.02. The molecule has 1 unspecified atom stereocenters. The van der Waals surface area contributed by atoms with Gasteiger partial charge in [-0.15, -0.1) is 5.73 Å². The Kier molecular flexibility index (Phi) is 6.44. The Balaban J connectivity index is 0.000000924. The highest BCUT2D eigenvalue weighted by atomic mass is 14.3. The van der Waals surface area contributed by atoms with Crippen LogP contribution in [0.4, 0.5) is 0 Å². The van der Waals surface area contributed by atoms with E-state index in [0.29, 0.717) is 5.92 Å². The van der Waals surface area contributed by atoms with Crippen LogP contribution >= 0.6 is 0 Å². The molecule has 23 heavy (non-hydrogen) atoms. The minimum absolute atomic E-state index is 0.553. The monoisotopic (exact) mass is 304 g/mol. The van der Waals surface area contributed by atoms with Crippen LogP contribution in [0.5, 0.6) is 0 Å². The van der Waals surface area contributed by atoms with Crippen LogP contribution in [-0.2, 0) is 0 Å².